The minimum atomic E-state index is 0.298. The molecule has 0 aliphatic carbocycles. The third-order valence-electron chi connectivity index (χ3n) is 16.5. The van der Waals surface area contributed by atoms with Gasteiger partial charge in [0.15, 0.2) is 46.0 Å². The third kappa shape index (κ3) is 11.8. The van der Waals surface area contributed by atoms with Gasteiger partial charge in [0, 0.05) is 11.1 Å². The van der Waals surface area contributed by atoms with Crippen molar-refractivity contribution >= 4 is 87.9 Å². The molecule has 9 aromatic rings. The highest BCUT2D eigenvalue weighted by molar-refractivity contribution is 6.28. The number of nitriles is 2. The lowest BCUT2D eigenvalue weighted by Gasteiger charge is -2.21. The van der Waals surface area contributed by atoms with Crippen molar-refractivity contribution in [3.05, 3.63) is 119 Å². The second-order valence-corrected chi connectivity index (χ2v) is 21.3. The molecule has 434 valence electrons. The number of unbranched alkanes of at least 4 members (excludes halogenated alkanes) is 2. The van der Waals surface area contributed by atoms with E-state index in [0.717, 1.165) is 116 Å². The number of nitrogens with zero attached hydrogens (tertiary/aromatic N) is 2. The van der Waals surface area contributed by atoms with Crippen LogP contribution in [0.5, 0.6) is 57.5 Å². The molecule has 0 heterocycles. The van der Waals surface area contributed by atoms with Gasteiger partial charge in [0.25, 0.3) is 0 Å². The van der Waals surface area contributed by atoms with Gasteiger partial charge in [0.2, 0.25) is 0 Å². The standard InChI is InChI=1S/C72H76N2O10/c1-13-17-19-43(15-3)41-83-63-29-48(26-50(40-74)46-22-24-52-54(28-46)58-34-68(78-8)72(82-12)38-62(58)60-36-70(80-10)66(76-6)32-56(52)60)64(84-42-44(16-4)20-18-14-2)30-47(63)25-49(39-73)45-21-23-51-53(27-45)57-33-67(77-7)71(81-11)37-61(57)59-35-69(79-9)65(75-5)31-55(51)59/h21-38,43-44H,13-20,41-42H2,1-12H3/b49-25+,50-26+. The minimum Gasteiger partial charge on any atom is -0.493 e. The van der Waals surface area contributed by atoms with Crippen LogP contribution < -0.4 is 47.4 Å². The van der Waals surface area contributed by atoms with Gasteiger partial charge in [0.05, 0.1) is 93.4 Å². The van der Waals surface area contributed by atoms with Crippen LogP contribution in [-0.4, -0.2) is 70.1 Å². The fraction of sp³-hybridized carbons (Fsp3) is 0.333. The van der Waals surface area contributed by atoms with Crippen molar-refractivity contribution in [3.63, 3.8) is 0 Å². The predicted octanol–water partition coefficient (Wildman–Crippen LogP) is 18.0. The number of rotatable bonds is 26. The Hall–Kier alpha value is -9.00. The Kier molecular flexibility index (Phi) is 19.1. The maximum absolute atomic E-state index is 11.3. The van der Waals surface area contributed by atoms with Gasteiger partial charge < -0.3 is 47.4 Å². The molecule has 0 fully saturated rings. The van der Waals surface area contributed by atoms with Crippen molar-refractivity contribution in [2.24, 2.45) is 11.8 Å². The molecule has 12 heteroatoms. The Morgan fingerprint density at radius 2 is 0.619 bits per heavy atom. The first-order chi connectivity index (χ1) is 41.0. The second kappa shape index (κ2) is 26.9. The molecule has 9 aromatic carbocycles. The maximum atomic E-state index is 11.3. The summed E-state index contributed by atoms with van der Waals surface area (Å²) in [7, 11) is 13.0. The Bertz CT molecular complexity index is 3810. The van der Waals surface area contributed by atoms with Gasteiger partial charge in [-0.15, -0.1) is 0 Å². The molecule has 9 rings (SSSR count). The molecule has 0 spiro atoms. The van der Waals surface area contributed by atoms with Crippen LogP contribution in [0.15, 0.2) is 97.1 Å². The van der Waals surface area contributed by atoms with Crippen molar-refractivity contribution in [1.29, 1.82) is 10.5 Å². The highest BCUT2D eigenvalue weighted by atomic mass is 16.5. The SMILES string of the molecule is CCCCC(CC)COc1cc(/C=C(\C#N)c2ccc3c(c2)c2cc(OC)c(OC)cc2c2cc(OC)c(OC)cc32)c(OCC(CC)CCCC)cc1/C=C(\C#N)c1ccc2c(c1)c1cc(OC)c(OC)cc1c1cc(OC)c(OC)cc21. The Morgan fingerprint density at radius 1 is 0.357 bits per heavy atom. The van der Waals surface area contributed by atoms with Crippen LogP contribution in [-0.2, 0) is 0 Å². The zero-order valence-electron chi connectivity index (χ0n) is 50.6. The summed E-state index contributed by atoms with van der Waals surface area (Å²) in [5.41, 5.74) is 3.60. The topological polar surface area (TPSA) is 140 Å². The number of allylic oxidation sites excluding steroid dienone is 2. The molecule has 84 heavy (non-hydrogen) atoms. The summed E-state index contributed by atoms with van der Waals surface area (Å²) >= 11 is 0. The molecule has 0 amide bonds. The molecule has 0 bridgehead atoms. The van der Waals surface area contributed by atoms with Crippen LogP contribution in [0.2, 0.25) is 0 Å². The van der Waals surface area contributed by atoms with E-state index < -0.39 is 0 Å². The van der Waals surface area contributed by atoms with E-state index in [0.29, 0.717) is 116 Å². The number of hydrogen-bond donors (Lipinski definition) is 0. The van der Waals surface area contributed by atoms with Gasteiger partial charge in [-0.3, -0.25) is 0 Å². The minimum absolute atomic E-state index is 0.298. The molecular weight excluding hydrogens is 1050 g/mol. The van der Waals surface area contributed by atoms with Crippen LogP contribution in [0.4, 0.5) is 0 Å². The van der Waals surface area contributed by atoms with Crippen LogP contribution in [0.3, 0.4) is 0 Å². The van der Waals surface area contributed by atoms with E-state index >= 15 is 0 Å². The molecule has 12 nitrogen and oxygen atoms in total. The molecule has 0 saturated heterocycles. The van der Waals surface area contributed by atoms with Gasteiger partial charge in [-0.1, -0.05) is 90.5 Å². The summed E-state index contributed by atoms with van der Waals surface area (Å²) in [4.78, 5) is 0. The summed E-state index contributed by atoms with van der Waals surface area (Å²) in [5, 5.41) is 33.7. The lowest BCUT2D eigenvalue weighted by molar-refractivity contribution is 0.227. The Labute approximate surface area is 493 Å². The average molecular weight is 1130 g/mol. The van der Waals surface area contributed by atoms with Gasteiger partial charge in [-0.25, -0.2) is 0 Å². The van der Waals surface area contributed by atoms with Gasteiger partial charge in [-0.05, 0) is 185 Å². The van der Waals surface area contributed by atoms with Gasteiger partial charge in [0.1, 0.15) is 11.5 Å². The monoisotopic (exact) mass is 1130 g/mol. The zero-order chi connectivity index (χ0) is 59.6. The largest absolute Gasteiger partial charge is 0.493 e. The fourth-order valence-electron chi connectivity index (χ4n) is 11.6. The van der Waals surface area contributed by atoms with Crippen molar-refractivity contribution in [3.8, 4) is 69.6 Å². The Balaban J connectivity index is 1.27. The smallest absolute Gasteiger partial charge is 0.161 e. The average Bonchev–Trinajstić information content (AvgIpc) is 3.73. The molecule has 0 aliphatic rings. The summed E-state index contributed by atoms with van der Waals surface area (Å²) < 4.78 is 60.5. The summed E-state index contributed by atoms with van der Waals surface area (Å²) in [6, 6.07) is 37.2. The predicted molar refractivity (Wildman–Crippen MR) is 341 cm³/mol. The van der Waals surface area contributed by atoms with Crippen molar-refractivity contribution in [1.82, 2.24) is 0 Å². The van der Waals surface area contributed by atoms with E-state index in [9.17, 15) is 10.5 Å². The van der Waals surface area contributed by atoms with Gasteiger partial charge in [-0.2, -0.15) is 10.5 Å². The van der Waals surface area contributed by atoms with Crippen molar-refractivity contribution in [2.45, 2.75) is 79.1 Å². The number of hydrogen-bond acceptors (Lipinski definition) is 12. The van der Waals surface area contributed by atoms with E-state index in [1.807, 2.05) is 84.9 Å². The zero-order valence-corrected chi connectivity index (χ0v) is 50.6. The molecule has 0 aliphatic heterocycles. The van der Waals surface area contributed by atoms with E-state index in [1.165, 1.54) is 0 Å². The number of methoxy groups -OCH3 is 8. The summed E-state index contributed by atoms with van der Waals surface area (Å²) in [6.07, 6.45) is 12.0. The highest BCUT2D eigenvalue weighted by Gasteiger charge is 2.22. The molecular formula is C72H76N2O10. The maximum Gasteiger partial charge on any atom is 0.161 e. The van der Waals surface area contributed by atoms with Crippen molar-refractivity contribution in [2.75, 3.05) is 70.1 Å². The molecule has 0 radical (unpaired) electrons. The van der Waals surface area contributed by atoms with E-state index in [-0.39, 0.29) is 0 Å². The van der Waals surface area contributed by atoms with Gasteiger partial charge >= 0.3 is 0 Å². The lowest BCUT2D eigenvalue weighted by atomic mass is 9.90. The summed E-state index contributed by atoms with van der Waals surface area (Å²) in [5.74, 6) is 6.45. The second-order valence-electron chi connectivity index (χ2n) is 21.3. The first-order valence-electron chi connectivity index (χ1n) is 29.0. The Morgan fingerprint density at radius 3 is 0.857 bits per heavy atom. The molecule has 0 saturated carbocycles. The first-order valence-corrected chi connectivity index (χ1v) is 29.0. The van der Waals surface area contributed by atoms with Crippen LogP contribution in [0, 0.1) is 34.5 Å². The normalized spacial score (nSPS) is 12.5. The lowest BCUT2D eigenvalue weighted by Crippen LogP contribution is -2.13. The molecule has 0 aromatic heterocycles. The quantitative estimate of drug-likeness (QED) is 0.0290. The number of benzene rings is 9. The van der Waals surface area contributed by atoms with Crippen LogP contribution in [0.25, 0.3) is 87.9 Å². The van der Waals surface area contributed by atoms with E-state index in [1.54, 1.807) is 56.9 Å². The third-order valence-corrected chi connectivity index (χ3v) is 16.5. The molecule has 0 N–H and O–H groups in total. The van der Waals surface area contributed by atoms with E-state index in [2.05, 4.69) is 64.1 Å². The number of ether oxygens (including phenoxy) is 10. The van der Waals surface area contributed by atoms with E-state index in [4.69, 9.17) is 47.4 Å². The van der Waals surface area contributed by atoms with Crippen LogP contribution >= 0.6 is 0 Å². The first kappa shape index (κ1) is 59.6. The highest BCUT2D eigenvalue weighted by Crippen LogP contribution is 2.48. The molecule has 2 unspecified atom stereocenters. The summed E-state index contributed by atoms with van der Waals surface area (Å²) in [6.45, 7) is 9.74. The fourth-order valence-corrected chi connectivity index (χ4v) is 11.6. The van der Waals surface area contributed by atoms with Crippen LogP contribution in [0.1, 0.15) is 101 Å². The van der Waals surface area contributed by atoms with Crippen molar-refractivity contribution < 1.29 is 47.4 Å². The molecule has 2 atom stereocenters. The number of fused-ring (bicyclic) bond motifs is 12.